The fraction of sp³-hybridized carbons (Fsp3) is 0.583. The number of aromatic nitrogens is 4. The number of aromatic amines is 1. The summed E-state index contributed by atoms with van der Waals surface area (Å²) in [6, 6.07) is 2.03. The van der Waals surface area contributed by atoms with E-state index in [9.17, 15) is 0 Å². The Hall–Kier alpha value is -1.73. The maximum atomic E-state index is 5.47. The van der Waals surface area contributed by atoms with Crippen molar-refractivity contribution in [2.45, 2.75) is 32.0 Å². The van der Waals surface area contributed by atoms with Gasteiger partial charge >= 0.3 is 0 Å². The molecule has 0 amide bonds. The van der Waals surface area contributed by atoms with E-state index in [1.807, 2.05) is 13.0 Å². The third kappa shape index (κ3) is 2.52. The van der Waals surface area contributed by atoms with Crippen LogP contribution in [0.1, 0.15) is 29.8 Å². The summed E-state index contributed by atoms with van der Waals surface area (Å²) in [5, 5.41) is 11.1. The van der Waals surface area contributed by atoms with Crippen molar-refractivity contribution in [2.75, 3.05) is 13.7 Å². The van der Waals surface area contributed by atoms with Gasteiger partial charge < -0.3 is 9.26 Å². The molecule has 19 heavy (non-hydrogen) atoms. The second kappa shape index (κ2) is 5.10. The minimum absolute atomic E-state index is 0.159. The number of likely N-dealkylation sites (tertiary alicyclic amines) is 1. The first-order valence-electron chi connectivity index (χ1n) is 6.31. The van der Waals surface area contributed by atoms with E-state index in [2.05, 4.69) is 25.2 Å². The number of methoxy groups -OCH3 is 1. The number of nitrogens with zero attached hydrogens (tertiary/aromatic N) is 4. The van der Waals surface area contributed by atoms with Crippen molar-refractivity contribution in [1.29, 1.82) is 0 Å². The molecule has 102 valence electrons. The van der Waals surface area contributed by atoms with Crippen LogP contribution in [-0.4, -0.2) is 45.0 Å². The summed E-state index contributed by atoms with van der Waals surface area (Å²) in [6.45, 7) is 3.47. The SMILES string of the molecule is CO[C@@H]1C[C@@H](c2n[nH]c(C)n2)N(Cc2ccon2)C1. The van der Waals surface area contributed by atoms with E-state index in [0.29, 0.717) is 6.54 Å². The smallest absolute Gasteiger partial charge is 0.167 e. The Labute approximate surface area is 110 Å². The van der Waals surface area contributed by atoms with Crippen molar-refractivity contribution in [3.63, 3.8) is 0 Å². The molecule has 2 aromatic rings. The zero-order chi connectivity index (χ0) is 13.2. The number of nitrogens with one attached hydrogen (secondary N) is 1. The fourth-order valence-corrected chi connectivity index (χ4v) is 2.51. The van der Waals surface area contributed by atoms with E-state index < -0.39 is 0 Å². The summed E-state index contributed by atoms with van der Waals surface area (Å²) < 4.78 is 10.3. The van der Waals surface area contributed by atoms with Crippen LogP contribution in [0.5, 0.6) is 0 Å². The molecule has 0 unspecified atom stereocenters. The van der Waals surface area contributed by atoms with E-state index in [1.54, 1.807) is 13.4 Å². The molecule has 0 aromatic carbocycles. The zero-order valence-corrected chi connectivity index (χ0v) is 11.0. The largest absolute Gasteiger partial charge is 0.380 e. The van der Waals surface area contributed by atoms with Gasteiger partial charge in [-0.2, -0.15) is 5.10 Å². The molecule has 1 fully saturated rings. The van der Waals surface area contributed by atoms with E-state index >= 15 is 0 Å². The number of ether oxygens (including phenoxy) is 1. The zero-order valence-electron chi connectivity index (χ0n) is 11.0. The van der Waals surface area contributed by atoms with E-state index in [1.165, 1.54) is 0 Å². The van der Waals surface area contributed by atoms with E-state index in [-0.39, 0.29) is 12.1 Å². The van der Waals surface area contributed by atoms with Gasteiger partial charge in [0.2, 0.25) is 0 Å². The highest BCUT2D eigenvalue weighted by Crippen LogP contribution is 2.32. The second-order valence-corrected chi connectivity index (χ2v) is 4.81. The first-order valence-corrected chi connectivity index (χ1v) is 6.31. The molecule has 0 bridgehead atoms. The number of hydrogen-bond donors (Lipinski definition) is 1. The van der Waals surface area contributed by atoms with Crippen molar-refractivity contribution < 1.29 is 9.26 Å². The van der Waals surface area contributed by atoms with Crippen LogP contribution >= 0.6 is 0 Å². The van der Waals surface area contributed by atoms with Gasteiger partial charge in [-0.05, 0) is 13.3 Å². The van der Waals surface area contributed by atoms with Crippen molar-refractivity contribution in [2.24, 2.45) is 0 Å². The molecule has 1 aliphatic heterocycles. The normalized spacial score (nSPS) is 24.1. The maximum Gasteiger partial charge on any atom is 0.167 e. The van der Waals surface area contributed by atoms with Crippen molar-refractivity contribution in [1.82, 2.24) is 25.2 Å². The fourth-order valence-electron chi connectivity index (χ4n) is 2.51. The van der Waals surface area contributed by atoms with Crippen LogP contribution in [0.15, 0.2) is 16.9 Å². The van der Waals surface area contributed by atoms with Crippen LogP contribution < -0.4 is 0 Å². The van der Waals surface area contributed by atoms with Crippen molar-refractivity contribution in [3.05, 3.63) is 29.7 Å². The topological polar surface area (TPSA) is 80.1 Å². The quantitative estimate of drug-likeness (QED) is 0.888. The molecule has 1 saturated heterocycles. The van der Waals surface area contributed by atoms with Crippen LogP contribution in [-0.2, 0) is 11.3 Å². The Balaban J connectivity index is 1.79. The monoisotopic (exact) mass is 263 g/mol. The molecule has 2 atom stereocenters. The lowest BCUT2D eigenvalue weighted by atomic mass is 10.2. The highest BCUT2D eigenvalue weighted by atomic mass is 16.5. The van der Waals surface area contributed by atoms with Crippen LogP contribution in [0.2, 0.25) is 0 Å². The molecule has 7 heteroatoms. The van der Waals surface area contributed by atoms with Crippen molar-refractivity contribution >= 4 is 0 Å². The molecule has 0 spiro atoms. The van der Waals surface area contributed by atoms with Gasteiger partial charge in [0, 0.05) is 26.3 Å². The Morgan fingerprint density at radius 2 is 2.47 bits per heavy atom. The lowest BCUT2D eigenvalue weighted by molar-refractivity contribution is 0.107. The van der Waals surface area contributed by atoms with Gasteiger partial charge in [0.25, 0.3) is 0 Å². The second-order valence-electron chi connectivity index (χ2n) is 4.81. The minimum Gasteiger partial charge on any atom is -0.380 e. The highest BCUT2D eigenvalue weighted by Gasteiger charge is 2.35. The summed E-state index contributed by atoms with van der Waals surface area (Å²) in [5.74, 6) is 1.65. The minimum atomic E-state index is 0.159. The molecule has 0 aliphatic carbocycles. The van der Waals surface area contributed by atoms with Gasteiger partial charge in [-0.1, -0.05) is 5.16 Å². The van der Waals surface area contributed by atoms with Crippen LogP contribution in [0.3, 0.4) is 0 Å². The molecule has 3 heterocycles. The predicted octanol–water partition coefficient (Wildman–Crippen LogP) is 1.06. The first kappa shape index (κ1) is 12.3. The molecule has 1 aliphatic rings. The van der Waals surface area contributed by atoms with E-state index in [0.717, 1.165) is 30.3 Å². The Bertz CT molecular complexity index is 524. The summed E-state index contributed by atoms with van der Waals surface area (Å²) in [6.07, 6.45) is 2.69. The average Bonchev–Trinajstić information content (AvgIpc) is 3.10. The van der Waals surface area contributed by atoms with Crippen LogP contribution in [0.4, 0.5) is 0 Å². The lowest BCUT2D eigenvalue weighted by Gasteiger charge is -2.20. The molecular formula is C12H17N5O2. The summed E-state index contributed by atoms with van der Waals surface area (Å²) in [4.78, 5) is 6.71. The summed E-state index contributed by atoms with van der Waals surface area (Å²) >= 11 is 0. The first-order chi connectivity index (χ1) is 9.26. The number of H-pyrrole nitrogens is 1. The predicted molar refractivity (Wildman–Crippen MR) is 66.2 cm³/mol. The van der Waals surface area contributed by atoms with Gasteiger partial charge in [-0.25, -0.2) is 4.98 Å². The number of rotatable bonds is 4. The Kier molecular flexibility index (Phi) is 3.31. The molecule has 3 rings (SSSR count). The lowest BCUT2D eigenvalue weighted by Crippen LogP contribution is -2.25. The van der Waals surface area contributed by atoms with Gasteiger partial charge in [-0.15, -0.1) is 0 Å². The number of hydrogen-bond acceptors (Lipinski definition) is 6. The standard InChI is InChI=1S/C12H17N5O2/c1-8-13-12(15-14-8)11-5-10(18-2)7-17(11)6-9-3-4-19-16-9/h3-4,10-11H,5-7H2,1-2H3,(H,13,14,15)/t10-,11+/m1/s1. The maximum absolute atomic E-state index is 5.47. The highest BCUT2D eigenvalue weighted by molar-refractivity contribution is 5.04. The molecule has 7 nitrogen and oxygen atoms in total. The molecule has 2 aromatic heterocycles. The third-order valence-electron chi connectivity index (χ3n) is 3.47. The third-order valence-corrected chi connectivity index (χ3v) is 3.47. The van der Waals surface area contributed by atoms with Gasteiger partial charge in [0.1, 0.15) is 12.1 Å². The van der Waals surface area contributed by atoms with Crippen LogP contribution in [0, 0.1) is 6.92 Å². The van der Waals surface area contributed by atoms with Gasteiger partial charge in [0.15, 0.2) is 5.82 Å². The average molecular weight is 263 g/mol. The molecule has 0 radical (unpaired) electrons. The molecular weight excluding hydrogens is 246 g/mol. The van der Waals surface area contributed by atoms with Gasteiger partial charge in [-0.3, -0.25) is 10.00 Å². The molecule has 0 saturated carbocycles. The summed E-state index contributed by atoms with van der Waals surface area (Å²) in [5.41, 5.74) is 0.911. The van der Waals surface area contributed by atoms with Crippen LogP contribution in [0.25, 0.3) is 0 Å². The number of aryl methyl sites for hydroxylation is 1. The van der Waals surface area contributed by atoms with E-state index in [4.69, 9.17) is 9.26 Å². The van der Waals surface area contributed by atoms with Crippen molar-refractivity contribution in [3.8, 4) is 0 Å². The Morgan fingerprint density at radius 1 is 1.58 bits per heavy atom. The molecule has 1 N–H and O–H groups in total. The Morgan fingerprint density at radius 3 is 3.11 bits per heavy atom. The van der Waals surface area contributed by atoms with Gasteiger partial charge in [0.05, 0.1) is 17.8 Å². The summed E-state index contributed by atoms with van der Waals surface area (Å²) in [7, 11) is 1.74.